The van der Waals surface area contributed by atoms with Gasteiger partial charge >= 0.3 is 18.5 Å². The van der Waals surface area contributed by atoms with Crippen LogP contribution in [0.15, 0.2) is 53.9 Å². The predicted molar refractivity (Wildman–Crippen MR) is 134 cm³/mol. The fourth-order valence-electron chi connectivity index (χ4n) is 3.79. The highest BCUT2D eigenvalue weighted by atomic mass is 32.2. The first-order chi connectivity index (χ1) is 19.0. The molecule has 41 heavy (non-hydrogen) atoms. The Kier molecular flexibility index (Phi) is 7.99. The molecule has 4 aromatic heterocycles. The number of alkyl halides is 9. The number of rotatable bonds is 3. The molecule has 0 saturated carbocycles. The number of imidazole rings is 2. The molecule has 218 valence electrons. The Labute approximate surface area is 230 Å². The zero-order valence-corrected chi connectivity index (χ0v) is 22.1. The molecular formula is C25H19F9N6S. The molecule has 0 N–H and O–H groups in total. The summed E-state index contributed by atoms with van der Waals surface area (Å²) >= 11 is 1.14. The van der Waals surface area contributed by atoms with Crippen LogP contribution in [0.3, 0.4) is 0 Å². The monoisotopic (exact) mass is 606 g/mol. The second kappa shape index (κ2) is 10.9. The van der Waals surface area contributed by atoms with Gasteiger partial charge in [0.2, 0.25) is 0 Å². The minimum atomic E-state index is -4.57. The normalized spacial score (nSPS) is 12.6. The van der Waals surface area contributed by atoms with Gasteiger partial charge in [-0.3, -0.25) is 4.98 Å². The Bertz CT molecular complexity index is 1700. The number of benzene rings is 1. The quantitative estimate of drug-likeness (QED) is 0.155. The van der Waals surface area contributed by atoms with Crippen LogP contribution in [0.1, 0.15) is 23.6 Å². The van der Waals surface area contributed by atoms with Gasteiger partial charge in [-0.05, 0) is 36.1 Å². The number of halogens is 9. The van der Waals surface area contributed by atoms with E-state index in [-0.39, 0.29) is 27.6 Å². The van der Waals surface area contributed by atoms with Crippen molar-refractivity contribution >= 4 is 34.0 Å². The maximum atomic E-state index is 13.0. The third kappa shape index (κ3) is 6.41. The number of fused-ring (bicyclic) bond motifs is 2. The summed E-state index contributed by atoms with van der Waals surface area (Å²) in [5.74, 6) is 0.623. The van der Waals surface area contributed by atoms with Gasteiger partial charge in [-0.15, -0.1) is 11.8 Å². The molecular weight excluding hydrogens is 587 g/mol. The summed E-state index contributed by atoms with van der Waals surface area (Å²) in [6.07, 6.45) is -10.6. The molecule has 0 atom stereocenters. The maximum absolute atomic E-state index is 13.0. The molecule has 0 fully saturated rings. The molecule has 0 aliphatic carbocycles. The molecule has 6 nitrogen and oxygen atoms in total. The van der Waals surface area contributed by atoms with Crippen LogP contribution in [0.5, 0.6) is 0 Å². The average molecular weight is 607 g/mol. The van der Waals surface area contributed by atoms with Crippen molar-refractivity contribution in [3.05, 3.63) is 65.7 Å². The van der Waals surface area contributed by atoms with Crippen molar-refractivity contribution in [1.82, 2.24) is 29.1 Å². The van der Waals surface area contributed by atoms with E-state index in [1.807, 2.05) is 0 Å². The van der Waals surface area contributed by atoms with Crippen LogP contribution in [0.2, 0.25) is 0 Å². The van der Waals surface area contributed by atoms with Crippen LogP contribution < -0.4 is 0 Å². The second-order valence-corrected chi connectivity index (χ2v) is 9.92. The molecule has 0 aliphatic heterocycles. The minimum Gasteiger partial charge on any atom is -0.334 e. The van der Waals surface area contributed by atoms with E-state index in [0.717, 1.165) is 36.0 Å². The number of aryl methyl sites for hydroxylation is 2. The number of hydrogen-bond donors (Lipinski definition) is 0. The standard InChI is InChI=1S/C16H12F6N4S.C9H7F3N2/c1-3-27-11-5-9(16(20,21)22)6-23-12(11)14-25-10-4-8(15(17,18)19)7-24-13(10)26(14)2;1-14-5-13-7-4-6(9(10,11)12)2-3-8(7)14/h4-7H,3H2,1-2H3;2-5H,1H3. The third-order valence-electron chi connectivity index (χ3n) is 5.78. The molecule has 16 heteroatoms. The second-order valence-electron chi connectivity index (χ2n) is 8.62. The van der Waals surface area contributed by atoms with E-state index in [0.29, 0.717) is 29.2 Å². The maximum Gasteiger partial charge on any atom is 0.417 e. The molecule has 4 heterocycles. The van der Waals surface area contributed by atoms with Crippen molar-refractivity contribution in [2.45, 2.75) is 30.3 Å². The summed E-state index contributed by atoms with van der Waals surface area (Å²) in [6.45, 7) is 1.76. The first-order valence-electron chi connectivity index (χ1n) is 11.6. The molecule has 0 unspecified atom stereocenters. The number of hydrogen-bond acceptors (Lipinski definition) is 5. The van der Waals surface area contributed by atoms with Crippen molar-refractivity contribution in [1.29, 1.82) is 0 Å². The van der Waals surface area contributed by atoms with Gasteiger partial charge in [0.15, 0.2) is 11.5 Å². The number of aromatic nitrogens is 6. The Hall–Kier alpha value is -3.82. The molecule has 0 radical (unpaired) electrons. The lowest BCUT2D eigenvalue weighted by atomic mass is 10.2. The lowest BCUT2D eigenvalue weighted by molar-refractivity contribution is -0.138. The van der Waals surface area contributed by atoms with Gasteiger partial charge in [0.25, 0.3) is 0 Å². The van der Waals surface area contributed by atoms with Crippen LogP contribution >= 0.6 is 11.8 Å². The van der Waals surface area contributed by atoms with E-state index in [1.165, 1.54) is 24.0 Å². The van der Waals surface area contributed by atoms with Gasteiger partial charge in [-0.1, -0.05) is 6.92 Å². The van der Waals surface area contributed by atoms with E-state index in [9.17, 15) is 39.5 Å². The third-order valence-corrected chi connectivity index (χ3v) is 6.69. The van der Waals surface area contributed by atoms with Crippen molar-refractivity contribution in [3.8, 4) is 11.5 Å². The summed E-state index contributed by atoms with van der Waals surface area (Å²) in [7, 11) is 3.26. The smallest absolute Gasteiger partial charge is 0.334 e. The van der Waals surface area contributed by atoms with E-state index >= 15 is 0 Å². The summed E-state index contributed by atoms with van der Waals surface area (Å²) in [5.41, 5.74) is -1.15. The van der Waals surface area contributed by atoms with Gasteiger partial charge in [-0.25, -0.2) is 15.0 Å². The summed E-state index contributed by atoms with van der Waals surface area (Å²) < 4.78 is 117. The van der Waals surface area contributed by atoms with E-state index in [4.69, 9.17) is 0 Å². The number of nitrogens with zero attached hydrogens (tertiary/aromatic N) is 6. The molecule has 0 saturated heterocycles. The fraction of sp³-hybridized carbons (Fsp3) is 0.280. The summed E-state index contributed by atoms with van der Waals surface area (Å²) in [4.78, 5) is 15.9. The molecule has 5 aromatic rings. The zero-order valence-electron chi connectivity index (χ0n) is 21.3. The summed E-state index contributed by atoms with van der Waals surface area (Å²) in [5, 5.41) is 0. The lowest BCUT2D eigenvalue weighted by Gasteiger charge is -2.11. The first kappa shape index (κ1) is 30.1. The summed E-state index contributed by atoms with van der Waals surface area (Å²) in [6, 6.07) is 5.34. The lowest BCUT2D eigenvalue weighted by Crippen LogP contribution is -2.07. The molecule has 0 bridgehead atoms. The Morgan fingerprint density at radius 3 is 1.93 bits per heavy atom. The zero-order chi connectivity index (χ0) is 30.3. The Balaban J connectivity index is 0.000000231. The fourth-order valence-corrected chi connectivity index (χ4v) is 4.59. The molecule has 0 spiro atoms. The number of pyridine rings is 2. The van der Waals surface area contributed by atoms with Gasteiger partial charge in [0, 0.05) is 31.4 Å². The van der Waals surface area contributed by atoms with Crippen LogP contribution in [-0.4, -0.2) is 34.8 Å². The predicted octanol–water partition coefficient (Wildman–Crippen LogP) is 7.77. The van der Waals surface area contributed by atoms with E-state index < -0.39 is 35.2 Å². The average Bonchev–Trinajstić information content (AvgIpc) is 3.42. The van der Waals surface area contributed by atoms with Crippen LogP contribution in [0, 0.1) is 0 Å². The molecule has 0 aliphatic rings. The topological polar surface area (TPSA) is 61.4 Å². The highest BCUT2D eigenvalue weighted by Gasteiger charge is 2.34. The van der Waals surface area contributed by atoms with Crippen LogP contribution in [-0.2, 0) is 32.6 Å². The number of thioether (sulfide) groups is 1. The van der Waals surface area contributed by atoms with Crippen LogP contribution in [0.25, 0.3) is 33.7 Å². The van der Waals surface area contributed by atoms with Gasteiger partial charge in [-0.2, -0.15) is 39.5 Å². The van der Waals surface area contributed by atoms with E-state index in [2.05, 4.69) is 19.9 Å². The molecule has 0 amide bonds. The molecule has 1 aromatic carbocycles. The van der Waals surface area contributed by atoms with E-state index in [1.54, 1.807) is 18.5 Å². The SMILES string of the molecule is CCSc1cc(C(F)(F)F)cnc1-c1nc2cc(C(F)(F)F)cnc2n1C.Cn1cnc2cc(C(F)(F)F)ccc21. The Morgan fingerprint density at radius 2 is 1.32 bits per heavy atom. The van der Waals surface area contributed by atoms with Crippen molar-refractivity contribution in [2.75, 3.05) is 5.75 Å². The van der Waals surface area contributed by atoms with Crippen molar-refractivity contribution in [2.24, 2.45) is 14.1 Å². The highest BCUT2D eigenvalue weighted by Crippen LogP contribution is 2.37. The van der Waals surface area contributed by atoms with Gasteiger partial charge in [0.05, 0.1) is 34.1 Å². The first-order valence-corrected chi connectivity index (χ1v) is 12.6. The van der Waals surface area contributed by atoms with Crippen molar-refractivity contribution in [3.63, 3.8) is 0 Å². The van der Waals surface area contributed by atoms with Crippen LogP contribution in [0.4, 0.5) is 39.5 Å². The largest absolute Gasteiger partial charge is 0.417 e. The molecule has 5 rings (SSSR count). The minimum absolute atomic E-state index is 0.0172. The van der Waals surface area contributed by atoms with Crippen molar-refractivity contribution < 1.29 is 39.5 Å². The Morgan fingerprint density at radius 1 is 0.732 bits per heavy atom. The highest BCUT2D eigenvalue weighted by molar-refractivity contribution is 7.99. The van der Waals surface area contributed by atoms with Gasteiger partial charge in [0.1, 0.15) is 11.2 Å². The van der Waals surface area contributed by atoms with Gasteiger partial charge < -0.3 is 9.13 Å².